The van der Waals surface area contributed by atoms with E-state index in [2.05, 4.69) is 0 Å². The van der Waals surface area contributed by atoms with Gasteiger partial charge in [-0.05, 0) is 32.4 Å². The summed E-state index contributed by atoms with van der Waals surface area (Å²) in [7, 11) is 0. The van der Waals surface area contributed by atoms with Crippen LogP contribution in [0.2, 0.25) is 0 Å². The molecule has 1 fully saturated rings. The molecule has 0 aromatic heterocycles. The Morgan fingerprint density at radius 1 is 1.42 bits per heavy atom. The second-order valence-electron chi connectivity index (χ2n) is 4.96. The number of ether oxygens (including phenoxy) is 2. The number of aryl methyl sites for hydroxylation is 1. The lowest BCUT2D eigenvalue weighted by Crippen LogP contribution is -2.52. The van der Waals surface area contributed by atoms with Crippen molar-refractivity contribution in [2.75, 3.05) is 19.8 Å². The summed E-state index contributed by atoms with van der Waals surface area (Å²) >= 11 is 0. The van der Waals surface area contributed by atoms with Gasteiger partial charge in [-0.2, -0.15) is 0 Å². The molecule has 0 radical (unpaired) electrons. The Labute approximate surface area is 114 Å². The number of amides is 1. The zero-order valence-electron chi connectivity index (χ0n) is 11.8. The summed E-state index contributed by atoms with van der Waals surface area (Å²) < 4.78 is 11.1. The first-order chi connectivity index (χ1) is 9.09. The second-order valence-corrected chi connectivity index (χ2v) is 4.96. The highest BCUT2D eigenvalue weighted by Crippen LogP contribution is 2.17. The number of nitrogens with zero attached hydrogens (tertiary/aromatic N) is 1. The van der Waals surface area contributed by atoms with Crippen LogP contribution in [0.5, 0.6) is 5.75 Å². The molecule has 1 aromatic carbocycles. The third kappa shape index (κ3) is 3.26. The molecular formula is C15H21NO3. The molecule has 0 aliphatic carbocycles. The first-order valence-electron chi connectivity index (χ1n) is 6.69. The maximum Gasteiger partial charge on any atom is 0.260 e. The van der Waals surface area contributed by atoms with Gasteiger partial charge in [0.15, 0.2) is 6.61 Å². The lowest BCUT2D eigenvalue weighted by Gasteiger charge is -2.37. The average molecular weight is 263 g/mol. The third-order valence-electron chi connectivity index (χ3n) is 3.65. The van der Waals surface area contributed by atoms with Crippen molar-refractivity contribution in [3.8, 4) is 5.75 Å². The molecule has 2 rings (SSSR count). The van der Waals surface area contributed by atoms with Gasteiger partial charge >= 0.3 is 0 Å². The summed E-state index contributed by atoms with van der Waals surface area (Å²) in [4.78, 5) is 14.0. The van der Waals surface area contributed by atoms with E-state index in [1.54, 1.807) is 0 Å². The Kier molecular flexibility index (Phi) is 4.43. The highest BCUT2D eigenvalue weighted by molar-refractivity contribution is 5.78. The van der Waals surface area contributed by atoms with Crippen LogP contribution in [0.15, 0.2) is 24.3 Å². The van der Waals surface area contributed by atoms with E-state index in [0.717, 1.165) is 11.3 Å². The number of rotatable bonds is 3. The molecule has 2 unspecified atom stereocenters. The van der Waals surface area contributed by atoms with Gasteiger partial charge in [0.2, 0.25) is 0 Å². The first-order valence-corrected chi connectivity index (χ1v) is 6.69. The Bertz CT molecular complexity index is 447. The molecule has 1 aliphatic rings. The van der Waals surface area contributed by atoms with Crippen LogP contribution >= 0.6 is 0 Å². The molecule has 1 amide bonds. The Balaban J connectivity index is 1.92. The first kappa shape index (κ1) is 13.9. The summed E-state index contributed by atoms with van der Waals surface area (Å²) in [5.41, 5.74) is 1.04. The number of hydrogen-bond donors (Lipinski definition) is 0. The largest absolute Gasteiger partial charge is 0.484 e. The zero-order chi connectivity index (χ0) is 13.8. The van der Waals surface area contributed by atoms with E-state index < -0.39 is 0 Å². The molecule has 1 aliphatic heterocycles. The molecule has 19 heavy (non-hydrogen) atoms. The van der Waals surface area contributed by atoms with Gasteiger partial charge in [0.05, 0.1) is 18.8 Å². The maximum atomic E-state index is 12.2. The van der Waals surface area contributed by atoms with Crippen LogP contribution < -0.4 is 4.74 Å². The van der Waals surface area contributed by atoms with Crippen LogP contribution in [0.25, 0.3) is 0 Å². The van der Waals surface area contributed by atoms with Crippen LogP contribution in [0.3, 0.4) is 0 Å². The van der Waals surface area contributed by atoms with E-state index in [4.69, 9.17) is 9.47 Å². The van der Waals surface area contributed by atoms with Gasteiger partial charge in [-0.15, -0.1) is 0 Å². The van der Waals surface area contributed by atoms with Crippen molar-refractivity contribution in [3.05, 3.63) is 29.8 Å². The Morgan fingerprint density at radius 2 is 2.16 bits per heavy atom. The standard InChI is InChI=1S/C15H21NO3/c1-11-6-4-5-7-14(11)19-10-15(17)16-8-9-18-13(3)12(16)2/h4-7,12-13H,8-10H2,1-3H3. The summed E-state index contributed by atoms with van der Waals surface area (Å²) in [6.45, 7) is 7.30. The van der Waals surface area contributed by atoms with Gasteiger partial charge in [0.1, 0.15) is 5.75 Å². The zero-order valence-corrected chi connectivity index (χ0v) is 11.8. The van der Waals surface area contributed by atoms with Crippen molar-refractivity contribution in [2.24, 2.45) is 0 Å². The van der Waals surface area contributed by atoms with Crippen molar-refractivity contribution in [3.63, 3.8) is 0 Å². The predicted octanol–water partition coefficient (Wildman–Crippen LogP) is 2.01. The summed E-state index contributed by atoms with van der Waals surface area (Å²) in [6.07, 6.45) is 0.0798. The number of para-hydroxylation sites is 1. The average Bonchev–Trinajstić information content (AvgIpc) is 2.40. The summed E-state index contributed by atoms with van der Waals surface area (Å²) in [6, 6.07) is 7.82. The fourth-order valence-electron chi connectivity index (χ4n) is 2.23. The monoisotopic (exact) mass is 263 g/mol. The molecule has 2 atom stereocenters. The SMILES string of the molecule is Cc1ccccc1OCC(=O)N1CCOC(C)C1C. The van der Waals surface area contributed by atoms with E-state index >= 15 is 0 Å². The quantitative estimate of drug-likeness (QED) is 0.837. The number of carbonyl (C=O) groups excluding carboxylic acids is 1. The van der Waals surface area contributed by atoms with Gasteiger partial charge < -0.3 is 14.4 Å². The van der Waals surface area contributed by atoms with Crippen LogP contribution in [-0.2, 0) is 9.53 Å². The lowest BCUT2D eigenvalue weighted by molar-refractivity contribution is -0.146. The van der Waals surface area contributed by atoms with Crippen molar-refractivity contribution in [2.45, 2.75) is 32.9 Å². The minimum absolute atomic E-state index is 0.0194. The fraction of sp³-hybridized carbons (Fsp3) is 0.533. The van der Waals surface area contributed by atoms with Crippen molar-refractivity contribution >= 4 is 5.91 Å². The predicted molar refractivity (Wildman–Crippen MR) is 73.3 cm³/mol. The Hall–Kier alpha value is -1.55. The normalized spacial score (nSPS) is 23.2. The molecule has 1 aromatic rings. The molecular weight excluding hydrogens is 242 g/mol. The molecule has 4 heteroatoms. The number of morpholine rings is 1. The lowest BCUT2D eigenvalue weighted by atomic mass is 10.1. The summed E-state index contributed by atoms with van der Waals surface area (Å²) in [5, 5.41) is 0. The number of carbonyl (C=O) groups is 1. The third-order valence-corrected chi connectivity index (χ3v) is 3.65. The minimum Gasteiger partial charge on any atom is -0.484 e. The van der Waals surface area contributed by atoms with Gasteiger partial charge in [-0.1, -0.05) is 18.2 Å². The van der Waals surface area contributed by atoms with Crippen LogP contribution in [0, 0.1) is 6.92 Å². The van der Waals surface area contributed by atoms with Crippen LogP contribution in [-0.4, -0.2) is 42.7 Å². The second kappa shape index (κ2) is 6.06. The summed E-state index contributed by atoms with van der Waals surface area (Å²) in [5.74, 6) is 0.788. The van der Waals surface area contributed by atoms with E-state index in [1.807, 2.05) is 49.9 Å². The molecule has 104 valence electrons. The minimum atomic E-state index is 0.0194. The fourth-order valence-corrected chi connectivity index (χ4v) is 2.23. The van der Waals surface area contributed by atoms with Gasteiger partial charge in [-0.3, -0.25) is 4.79 Å². The van der Waals surface area contributed by atoms with E-state index in [-0.39, 0.29) is 24.7 Å². The van der Waals surface area contributed by atoms with E-state index in [1.165, 1.54) is 0 Å². The highest BCUT2D eigenvalue weighted by atomic mass is 16.5. The molecule has 0 N–H and O–H groups in total. The van der Waals surface area contributed by atoms with Crippen LogP contribution in [0.1, 0.15) is 19.4 Å². The molecule has 0 saturated carbocycles. The van der Waals surface area contributed by atoms with Gasteiger partial charge in [-0.25, -0.2) is 0 Å². The van der Waals surface area contributed by atoms with E-state index in [0.29, 0.717) is 13.2 Å². The van der Waals surface area contributed by atoms with Crippen molar-refractivity contribution in [1.29, 1.82) is 0 Å². The molecule has 0 spiro atoms. The molecule has 4 nitrogen and oxygen atoms in total. The molecule has 1 heterocycles. The van der Waals surface area contributed by atoms with Gasteiger partial charge in [0, 0.05) is 6.54 Å². The highest BCUT2D eigenvalue weighted by Gasteiger charge is 2.29. The van der Waals surface area contributed by atoms with E-state index in [9.17, 15) is 4.79 Å². The maximum absolute atomic E-state index is 12.2. The Morgan fingerprint density at radius 3 is 2.89 bits per heavy atom. The van der Waals surface area contributed by atoms with Crippen LogP contribution in [0.4, 0.5) is 0 Å². The van der Waals surface area contributed by atoms with Crippen molar-refractivity contribution < 1.29 is 14.3 Å². The number of benzene rings is 1. The topological polar surface area (TPSA) is 38.8 Å². The van der Waals surface area contributed by atoms with Crippen molar-refractivity contribution in [1.82, 2.24) is 4.90 Å². The molecule has 1 saturated heterocycles. The number of hydrogen-bond acceptors (Lipinski definition) is 3. The smallest absolute Gasteiger partial charge is 0.260 e. The molecule has 0 bridgehead atoms. The van der Waals surface area contributed by atoms with Gasteiger partial charge in [0.25, 0.3) is 5.91 Å².